The molecule has 57 heavy (non-hydrogen) atoms. The van der Waals surface area contributed by atoms with E-state index in [9.17, 15) is 32.7 Å². The molecule has 5 aliphatic rings. The molecule has 16 heteroatoms. The Balaban J connectivity index is 1.27. The van der Waals surface area contributed by atoms with Crippen LogP contribution in [0.3, 0.4) is 0 Å². The van der Waals surface area contributed by atoms with Crippen LogP contribution in [0, 0.1) is 0 Å². The number of fused-ring (bicyclic) bond motifs is 2. The number of hydrogen-bond donors (Lipinski definition) is 1. The molecule has 1 N–H and O–H groups in total. The molecule has 0 spiro atoms. The van der Waals surface area contributed by atoms with Crippen LogP contribution in [0.1, 0.15) is 66.2 Å². The Labute approximate surface area is 330 Å². The molecule has 15 nitrogen and oxygen atoms in total. The Morgan fingerprint density at radius 1 is 0.842 bits per heavy atom. The van der Waals surface area contributed by atoms with E-state index >= 15 is 0 Å². The average Bonchev–Trinajstić information content (AvgIpc) is 3.52. The number of carboxylic acid groups (broad SMARTS) is 1. The average molecular weight is 802 g/mol. The van der Waals surface area contributed by atoms with Crippen LogP contribution in [0.2, 0.25) is 0 Å². The molecule has 2 aromatic rings. The summed E-state index contributed by atoms with van der Waals surface area (Å²) in [5.74, 6) is -3.44. The van der Waals surface area contributed by atoms with Crippen molar-refractivity contribution in [2.75, 3.05) is 76.1 Å². The van der Waals surface area contributed by atoms with E-state index in [0.717, 1.165) is 76.2 Å². The van der Waals surface area contributed by atoms with Gasteiger partial charge in [-0.15, -0.1) is 5.06 Å². The Morgan fingerprint density at radius 3 is 2.23 bits per heavy atom. The summed E-state index contributed by atoms with van der Waals surface area (Å²) in [5.41, 5.74) is 2.47. The fraction of sp³-hybridized carbons (Fsp3) is 0.439. The predicted octanol–water partition coefficient (Wildman–Crippen LogP) is 2.47. The number of anilines is 1. The van der Waals surface area contributed by atoms with Crippen molar-refractivity contribution in [1.82, 2.24) is 19.4 Å². The second-order valence-electron chi connectivity index (χ2n) is 14.9. The van der Waals surface area contributed by atoms with Crippen molar-refractivity contribution in [3.05, 3.63) is 71.1 Å². The normalized spacial score (nSPS) is 17.3. The first-order valence-electron chi connectivity index (χ1n) is 19.6. The molecule has 2 amide bonds. The second kappa shape index (κ2) is 17.1. The van der Waals surface area contributed by atoms with Gasteiger partial charge in [-0.05, 0) is 68.2 Å². The van der Waals surface area contributed by atoms with Crippen LogP contribution in [-0.4, -0.2) is 123 Å². The summed E-state index contributed by atoms with van der Waals surface area (Å²) in [6, 6.07) is 15.5. The Hall–Kier alpha value is -5.16. The van der Waals surface area contributed by atoms with Crippen molar-refractivity contribution in [3.63, 3.8) is 0 Å². The molecular formula is C41H47N5O10S. The Morgan fingerprint density at radius 2 is 1.54 bits per heavy atom. The molecule has 0 unspecified atom stereocenters. The smallest absolute Gasteiger partial charge is 0.363 e. The third-order valence-corrected chi connectivity index (χ3v) is 11.8. The molecule has 0 bridgehead atoms. The standard InChI is InChI=1S/C41H47N5O10S/c1-2-3-14-42-16-20-44(21-17-42)29-7-10-32-35(26-29)55-36-27-30(45-22-18-43(19-23-45)15-4-5-24-57(52,53)54)8-11-33(36)39(32)34-25-28(6-9-31(34)40(49)50)41(51)56-46-37(47)12-13-38(46)48/h6-11,25-27H,2-5,12-24H2,1H3,(H-,49,50,52,53,54). The van der Waals surface area contributed by atoms with Gasteiger partial charge < -0.3 is 24.1 Å². The third kappa shape index (κ3) is 9.20. The lowest BCUT2D eigenvalue weighted by Crippen LogP contribution is -2.48. The van der Waals surface area contributed by atoms with Crippen molar-refractivity contribution in [2.45, 2.75) is 45.4 Å². The molecule has 4 heterocycles. The molecule has 1 aliphatic carbocycles. The van der Waals surface area contributed by atoms with E-state index in [2.05, 4.69) is 26.2 Å². The van der Waals surface area contributed by atoms with Gasteiger partial charge in [-0.25, -0.2) is 9.37 Å². The van der Waals surface area contributed by atoms with Crippen LogP contribution in [0.25, 0.3) is 33.4 Å². The Kier molecular flexibility index (Phi) is 12.0. The van der Waals surface area contributed by atoms with Gasteiger partial charge in [0.25, 0.3) is 21.9 Å². The highest BCUT2D eigenvalue weighted by Crippen LogP contribution is 2.42. The maximum absolute atomic E-state index is 13.3. The van der Waals surface area contributed by atoms with E-state index in [1.807, 2.05) is 36.4 Å². The predicted molar refractivity (Wildman–Crippen MR) is 210 cm³/mol. The highest BCUT2D eigenvalue weighted by Gasteiger charge is 2.34. The first kappa shape index (κ1) is 40.1. The summed E-state index contributed by atoms with van der Waals surface area (Å²) < 4.78 is 40.2. The van der Waals surface area contributed by atoms with Crippen LogP contribution in [0.5, 0.6) is 0 Å². The first-order chi connectivity index (χ1) is 27.4. The first-order valence-corrected chi connectivity index (χ1v) is 21.2. The van der Waals surface area contributed by atoms with Crippen molar-refractivity contribution in [3.8, 4) is 22.5 Å². The van der Waals surface area contributed by atoms with Crippen LogP contribution < -0.4 is 19.9 Å². The monoisotopic (exact) mass is 801 g/mol. The van der Waals surface area contributed by atoms with E-state index in [0.29, 0.717) is 58.9 Å². The minimum absolute atomic E-state index is 0.0605. The van der Waals surface area contributed by atoms with E-state index in [1.54, 1.807) is 0 Å². The number of hydrogen-bond acceptors (Lipinski definition) is 12. The zero-order valence-electron chi connectivity index (χ0n) is 32.0. The fourth-order valence-electron chi connectivity index (χ4n) is 7.86. The zero-order chi connectivity index (χ0) is 40.3. The third-order valence-electron chi connectivity index (χ3n) is 11.0. The number of carbonyl (C=O) groups is 4. The molecule has 0 aromatic heterocycles. The number of nitrogens with zero attached hydrogens (tertiary/aromatic N) is 5. The number of carbonyl (C=O) groups excluding carboxylic acids is 4. The van der Waals surface area contributed by atoms with Crippen molar-refractivity contribution in [1.29, 1.82) is 0 Å². The highest BCUT2D eigenvalue weighted by atomic mass is 32.2. The lowest BCUT2D eigenvalue weighted by molar-refractivity contribution is -0.255. The SMILES string of the molecule is CCCCN1CC[N+](=c2ccc3c(-c4cc(C(=O)ON5C(=O)CCC5=O)ccc4C(=O)[O-])c4ccc(N5CCN(CCCCS(=O)(=O)O)CC5)cc4oc-3c2)CC1. The van der Waals surface area contributed by atoms with E-state index in [1.165, 1.54) is 18.2 Å². The van der Waals surface area contributed by atoms with Gasteiger partial charge in [0.05, 0.1) is 36.4 Å². The number of rotatable bonds is 13. The van der Waals surface area contributed by atoms with Gasteiger partial charge in [-0.2, -0.15) is 8.42 Å². The lowest BCUT2D eigenvalue weighted by atomic mass is 9.89. The van der Waals surface area contributed by atoms with Crippen molar-refractivity contribution < 1.29 is 46.5 Å². The highest BCUT2D eigenvalue weighted by molar-refractivity contribution is 7.85. The number of imide groups is 1. The quantitative estimate of drug-likeness (QED) is 0.0685. The summed E-state index contributed by atoms with van der Waals surface area (Å²) >= 11 is 0. The van der Waals surface area contributed by atoms with Crippen molar-refractivity contribution >= 4 is 50.5 Å². The van der Waals surface area contributed by atoms with Gasteiger partial charge in [0.2, 0.25) is 5.36 Å². The number of benzene rings is 3. The summed E-state index contributed by atoms with van der Waals surface area (Å²) in [7, 11) is -3.98. The minimum atomic E-state index is -3.98. The molecule has 0 saturated carbocycles. The maximum atomic E-state index is 13.3. The van der Waals surface area contributed by atoms with Gasteiger partial charge in [0.15, 0.2) is 13.1 Å². The topological polar surface area (TPSA) is 184 Å². The van der Waals surface area contributed by atoms with Crippen LogP contribution in [0.4, 0.5) is 5.69 Å². The second-order valence-corrected chi connectivity index (χ2v) is 16.4. The molecule has 4 aliphatic heterocycles. The van der Waals surface area contributed by atoms with Gasteiger partial charge in [0, 0.05) is 78.9 Å². The van der Waals surface area contributed by atoms with Gasteiger partial charge in [-0.3, -0.25) is 23.9 Å². The van der Waals surface area contributed by atoms with E-state index in [4.69, 9.17) is 13.8 Å². The number of unbranched alkanes of at least 4 members (excludes halogenated alkanes) is 2. The molecule has 0 atom stereocenters. The zero-order valence-corrected chi connectivity index (χ0v) is 32.8. The molecular weight excluding hydrogens is 755 g/mol. The summed E-state index contributed by atoms with van der Waals surface area (Å²) in [6.07, 6.45) is 3.20. The fourth-order valence-corrected chi connectivity index (χ4v) is 8.43. The molecule has 3 fully saturated rings. The van der Waals surface area contributed by atoms with Gasteiger partial charge >= 0.3 is 5.97 Å². The lowest BCUT2D eigenvalue weighted by Gasteiger charge is -2.36. The number of carboxylic acids is 1. The van der Waals surface area contributed by atoms with Crippen molar-refractivity contribution in [2.24, 2.45) is 0 Å². The number of aromatic carboxylic acids is 1. The van der Waals surface area contributed by atoms with Crippen LogP contribution in [0.15, 0.2) is 59.0 Å². The van der Waals surface area contributed by atoms with Gasteiger partial charge in [-0.1, -0.05) is 19.4 Å². The number of piperazine rings is 2. The largest absolute Gasteiger partial charge is 0.545 e. The molecule has 2 aromatic carbocycles. The number of hydroxylamine groups is 2. The summed E-state index contributed by atoms with van der Waals surface area (Å²) in [6.45, 7) is 10.5. The van der Waals surface area contributed by atoms with Crippen LogP contribution >= 0.6 is 0 Å². The molecule has 302 valence electrons. The van der Waals surface area contributed by atoms with E-state index < -0.39 is 33.9 Å². The van der Waals surface area contributed by atoms with Gasteiger partial charge in [0.1, 0.15) is 11.3 Å². The molecule has 7 rings (SSSR count). The van der Waals surface area contributed by atoms with Crippen LogP contribution in [-0.2, 0) is 24.5 Å². The summed E-state index contributed by atoms with van der Waals surface area (Å²) in [5, 5.41) is 14.7. The minimum Gasteiger partial charge on any atom is -0.545 e. The van der Waals surface area contributed by atoms with E-state index in [-0.39, 0.29) is 35.3 Å². The Bertz CT molecular complexity index is 2330. The molecule has 0 radical (unpaired) electrons. The molecule has 3 saturated heterocycles. The number of amides is 2. The maximum Gasteiger partial charge on any atom is 0.363 e. The summed E-state index contributed by atoms with van der Waals surface area (Å²) in [4.78, 5) is 62.6.